The third-order valence-corrected chi connectivity index (χ3v) is 9.28. The Balaban J connectivity index is 1.08. The van der Waals surface area contributed by atoms with Gasteiger partial charge in [0.1, 0.15) is 29.9 Å². The van der Waals surface area contributed by atoms with Crippen LogP contribution in [0.2, 0.25) is 0 Å². The number of nitrogens with zero attached hydrogens (tertiary/aromatic N) is 9. The first kappa shape index (κ1) is 33.2. The molecule has 1 aliphatic heterocycles. The molecule has 7 aromatic rings. The molecule has 0 radical (unpaired) electrons. The van der Waals surface area contributed by atoms with E-state index >= 15 is 0 Å². The number of halogens is 3. The van der Waals surface area contributed by atoms with Gasteiger partial charge < -0.3 is 19.4 Å². The van der Waals surface area contributed by atoms with Gasteiger partial charge in [-0.25, -0.2) is 24.6 Å². The van der Waals surface area contributed by atoms with Crippen molar-refractivity contribution in [1.82, 2.24) is 39.3 Å². The number of fused-ring (bicyclic) bond motifs is 6. The van der Waals surface area contributed by atoms with E-state index in [-0.39, 0.29) is 11.8 Å². The molecule has 6 heterocycles. The number of benzene rings is 2. The molecule has 0 bridgehead atoms. The molecule has 0 unspecified atom stereocenters. The minimum absolute atomic E-state index is 0.0150. The average Bonchev–Trinajstić information content (AvgIpc) is 3.86. The number of anilines is 1. The van der Waals surface area contributed by atoms with E-state index in [4.69, 9.17) is 41.7 Å². The van der Waals surface area contributed by atoms with Gasteiger partial charge in [-0.05, 0) is 67.6 Å². The number of nitrogens with one attached hydrogen (secondary N) is 1. The maximum atomic E-state index is 13.7. The van der Waals surface area contributed by atoms with E-state index < -0.39 is 11.5 Å². The molecule has 13 nitrogen and oxygen atoms in total. The zero-order valence-corrected chi connectivity index (χ0v) is 28.9. The number of pyridine rings is 2. The summed E-state index contributed by atoms with van der Waals surface area (Å²) in [6.07, 6.45) is 7.49. The summed E-state index contributed by atoms with van der Waals surface area (Å²) in [4.78, 5) is 36.7. The second kappa shape index (κ2) is 12.8. The van der Waals surface area contributed by atoms with E-state index in [1.54, 1.807) is 53.6 Å². The molecular formula is C38H25ClF2N10O3. The lowest BCUT2D eigenvalue weighted by Crippen LogP contribution is -2.21. The highest BCUT2D eigenvalue weighted by molar-refractivity contribution is 6.20. The molecule has 5 aromatic heterocycles. The molecule has 266 valence electrons. The highest BCUT2D eigenvalue weighted by Crippen LogP contribution is 2.40. The van der Waals surface area contributed by atoms with Gasteiger partial charge in [0, 0.05) is 81.9 Å². The fourth-order valence-electron chi connectivity index (χ4n) is 6.81. The van der Waals surface area contributed by atoms with Crippen LogP contribution in [0.25, 0.3) is 50.6 Å². The first-order chi connectivity index (χ1) is 26.1. The van der Waals surface area contributed by atoms with Gasteiger partial charge in [-0.3, -0.25) is 9.78 Å². The lowest BCUT2D eigenvalue weighted by Gasteiger charge is -2.23. The Labute approximate surface area is 309 Å². The molecule has 0 saturated heterocycles. The number of hydrogen-bond acceptors (Lipinski definition) is 10. The van der Waals surface area contributed by atoms with Crippen molar-refractivity contribution < 1.29 is 23.0 Å². The van der Waals surface area contributed by atoms with Crippen LogP contribution in [0.1, 0.15) is 46.1 Å². The van der Waals surface area contributed by atoms with Crippen LogP contribution in [0.4, 0.5) is 14.5 Å². The maximum absolute atomic E-state index is 13.7. The number of alkyl halides is 3. The molecule has 1 atom stereocenters. The van der Waals surface area contributed by atoms with Crippen molar-refractivity contribution in [3.63, 3.8) is 0 Å². The molecule has 16 heteroatoms. The summed E-state index contributed by atoms with van der Waals surface area (Å²) in [6.45, 7) is 2.88. The first-order valence-corrected chi connectivity index (χ1v) is 17.1. The van der Waals surface area contributed by atoms with Crippen molar-refractivity contribution >= 4 is 34.2 Å². The van der Waals surface area contributed by atoms with Gasteiger partial charge >= 0.3 is 5.57 Å². The molecule has 1 amide bonds. The van der Waals surface area contributed by atoms with E-state index in [9.17, 15) is 13.6 Å². The van der Waals surface area contributed by atoms with Crippen LogP contribution in [-0.4, -0.2) is 57.3 Å². The fourth-order valence-corrected chi connectivity index (χ4v) is 6.90. The Morgan fingerprint density at radius 1 is 1.04 bits per heavy atom. The normalized spacial score (nSPS) is 14.6. The van der Waals surface area contributed by atoms with Crippen LogP contribution in [0.5, 0.6) is 5.75 Å². The summed E-state index contributed by atoms with van der Waals surface area (Å²) in [5.41, 5.74) is 4.89. The van der Waals surface area contributed by atoms with Crippen LogP contribution in [-0.2, 0) is 17.8 Å². The summed E-state index contributed by atoms with van der Waals surface area (Å²) in [5.74, 6) is 0.524. The molecule has 54 heavy (non-hydrogen) atoms. The molecule has 1 aliphatic carbocycles. The van der Waals surface area contributed by atoms with Gasteiger partial charge in [-0.15, -0.1) is 8.78 Å². The highest BCUT2D eigenvalue weighted by atomic mass is 35.5. The summed E-state index contributed by atoms with van der Waals surface area (Å²) in [6, 6.07) is 18.2. The van der Waals surface area contributed by atoms with E-state index in [0.29, 0.717) is 53.7 Å². The van der Waals surface area contributed by atoms with Crippen molar-refractivity contribution in [2.45, 2.75) is 31.6 Å². The smallest absolute Gasteiger partial charge is 0.420 e. The largest absolute Gasteiger partial charge is 0.487 e. The number of ether oxygens (including phenoxy) is 2. The minimum Gasteiger partial charge on any atom is -0.420 e. The van der Waals surface area contributed by atoms with Crippen molar-refractivity contribution in [1.29, 1.82) is 5.26 Å². The number of imidazole rings is 1. The number of carbonyl (C=O) groups excluding carboxylic acids is 1. The fraction of sp³-hybridized carbons (Fsp3) is 0.158. The maximum Gasteiger partial charge on any atom is 0.487 e. The Kier molecular flexibility index (Phi) is 7.87. The van der Waals surface area contributed by atoms with Gasteiger partial charge in [0.2, 0.25) is 0 Å². The zero-order valence-electron chi connectivity index (χ0n) is 28.2. The molecule has 2 aromatic carbocycles. The Hall–Kier alpha value is -6.63. The van der Waals surface area contributed by atoms with Crippen molar-refractivity contribution in [3.8, 4) is 51.4 Å². The Morgan fingerprint density at radius 3 is 2.65 bits per heavy atom. The van der Waals surface area contributed by atoms with Gasteiger partial charge in [-0.2, -0.15) is 10.4 Å². The van der Waals surface area contributed by atoms with E-state index in [1.165, 1.54) is 24.3 Å². The second-order valence-corrected chi connectivity index (χ2v) is 13.2. The van der Waals surface area contributed by atoms with Gasteiger partial charge in [0.15, 0.2) is 0 Å². The first-order valence-electron chi connectivity index (χ1n) is 16.7. The highest BCUT2D eigenvalue weighted by Gasteiger charge is 2.29. The van der Waals surface area contributed by atoms with Crippen LogP contribution >= 0.6 is 11.6 Å². The number of aromatic nitrogens is 8. The second-order valence-electron chi connectivity index (χ2n) is 12.8. The van der Waals surface area contributed by atoms with Crippen LogP contribution in [0, 0.1) is 11.3 Å². The van der Waals surface area contributed by atoms with Crippen LogP contribution in [0.15, 0.2) is 85.5 Å². The standard InChI is InChI=1S/C38H25ClF2N10O3/c1-20-18-53-19-33-47-32-12-22(36(52)46-25-4-6-27(7-5-25)54-38(39,40)41)10-28(35(32)51(20)33)23-11-29-31(45-16-23)13-24-17-50(49-34(24)29)37-43-9-8-30(48-37)21-2-3-26(14-42)44-15-21/h2-12,15-17,20H,13,18-19H2,1H3,(H,46,52)/t20-/m1/s1. The molecule has 2 aliphatic rings. The summed E-state index contributed by atoms with van der Waals surface area (Å²) < 4.78 is 40.1. The van der Waals surface area contributed by atoms with Crippen molar-refractivity contribution in [2.75, 3.05) is 11.9 Å². The Bertz CT molecular complexity index is 2670. The van der Waals surface area contributed by atoms with Gasteiger partial charge in [-0.1, -0.05) is 0 Å². The molecule has 9 rings (SSSR count). The molecular weight excluding hydrogens is 718 g/mol. The number of amides is 1. The van der Waals surface area contributed by atoms with E-state index in [0.717, 1.165) is 50.5 Å². The SMILES string of the molecule is C[C@@H]1COCc2nc3cc(C(=O)Nc4ccc(OC(F)(F)Cl)cc4)cc(-c4cnc5c(c4)-c4nn(-c6nccc(-c7ccc(C#N)nc7)n6)cc4C5)c3n21. The molecule has 0 saturated carbocycles. The predicted octanol–water partition coefficient (Wildman–Crippen LogP) is 7.09. The van der Waals surface area contributed by atoms with E-state index in [2.05, 4.69) is 31.5 Å². The zero-order chi connectivity index (χ0) is 37.1. The summed E-state index contributed by atoms with van der Waals surface area (Å²) >= 11 is 4.88. The third kappa shape index (κ3) is 6.06. The lowest BCUT2D eigenvalue weighted by atomic mass is 9.99. The van der Waals surface area contributed by atoms with Crippen molar-refractivity contribution in [3.05, 3.63) is 114 Å². The van der Waals surface area contributed by atoms with Crippen LogP contribution < -0.4 is 10.1 Å². The van der Waals surface area contributed by atoms with Crippen LogP contribution in [0.3, 0.4) is 0 Å². The summed E-state index contributed by atoms with van der Waals surface area (Å²) in [7, 11) is 0. The minimum atomic E-state index is -3.86. The van der Waals surface area contributed by atoms with E-state index in [1.807, 2.05) is 18.3 Å². The van der Waals surface area contributed by atoms with Gasteiger partial charge in [0.25, 0.3) is 11.9 Å². The molecule has 0 spiro atoms. The summed E-state index contributed by atoms with van der Waals surface area (Å²) in [5, 5.41) is 16.8. The number of nitriles is 1. The molecule has 0 fully saturated rings. The number of rotatable bonds is 7. The molecule has 1 N–H and O–H groups in total. The third-order valence-electron chi connectivity index (χ3n) is 9.20. The predicted molar refractivity (Wildman–Crippen MR) is 192 cm³/mol. The number of hydrogen-bond donors (Lipinski definition) is 1. The monoisotopic (exact) mass is 742 g/mol. The quantitative estimate of drug-likeness (QED) is 0.167. The average molecular weight is 743 g/mol. The lowest BCUT2D eigenvalue weighted by molar-refractivity contribution is -0.0964. The Morgan fingerprint density at radius 2 is 1.87 bits per heavy atom. The number of carbonyl (C=O) groups is 1. The topological polar surface area (TPSA) is 159 Å². The van der Waals surface area contributed by atoms with Gasteiger partial charge in [0.05, 0.1) is 40.8 Å². The van der Waals surface area contributed by atoms with Crippen molar-refractivity contribution in [2.24, 2.45) is 0 Å².